The maximum atomic E-state index is 10.2. The van der Waals surface area contributed by atoms with Gasteiger partial charge in [-0.05, 0) is 47.8 Å². The molecule has 1 N–H and O–H groups in total. The molecule has 0 bridgehead atoms. The molecule has 2 rings (SSSR count). The second-order valence-electron chi connectivity index (χ2n) is 5.14. The average molecular weight is 297 g/mol. The Labute approximate surface area is 110 Å². The fourth-order valence-corrected chi connectivity index (χ4v) is 2.83. The van der Waals surface area contributed by atoms with E-state index in [1.807, 2.05) is 22.8 Å². The number of fused-ring (bicyclic) bond motifs is 1. The lowest BCUT2D eigenvalue weighted by atomic mass is 10.0. The smallest absolute Gasteiger partial charge is 0.102 e. The number of hydrogen-bond acceptors (Lipinski definition) is 2. The van der Waals surface area contributed by atoms with Gasteiger partial charge in [0.05, 0.1) is 17.4 Å². The molecule has 92 valence electrons. The molecule has 0 aliphatic heterocycles. The largest absolute Gasteiger partial charge is 0.384 e. The van der Waals surface area contributed by atoms with Crippen LogP contribution in [-0.4, -0.2) is 14.7 Å². The minimum atomic E-state index is -0.932. The second kappa shape index (κ2) is 4.10. The van der Waals surface area contributed by atoms with Gasteiger partial charge in [-0.3, -0.25) is 0 Å². The van der Waals surface area contributed by atoms with E-state index in [-0.39, 0.29) is 0 Å². The second-order valence-corrected chi connectivity index (χ2v) is 5.99. The number of pyridine rings is 1. The summed E-state index contributed by atoms with van der Waals surface area (Å²) in [6.07, 6.45) is 1.88. The number of hydrogen-bond donors (Lipinski definition) is 1. The highest BCUT2D eigenvalue weighted by molar-refractivity contribution is 9.10. The summed E-state index contributed by atoms with van der Waals surface area (Å²) in [6.45, 7) is 7.82. The maximum Gasteiger partial charge on any atom is 0.102 e. The number of nitrogens with zero attached hydrogens (tertiary/aromatic N) is 2. The highest BCUT2D eigenvalue weighted by atomic mass is 79.9. The Morgan fingerprint density at radius 1 is 1.35 bits per heavy atom. The van der Waals surface area contributed by atoms with Crippen LogP contribution >= 0.6 is 15.9 Å². The van der Waals surface area contributed by atoms with E-state index in [2.05, 4.69) is 34.9 Å². The Morgan fingerprint density at radius 3 is 2.53 bits per heavy atom. The minimum absolute atomic E-state index is 0.420. The molecule has 0 aliphatic rings. The van der Waals surface area contributed by atoms with Crippen LogP contribution < -0.4 is 0 Å². The molecule has 0 fully saturated rings. The van der Waals surface area contributed by atoms with E-state index >= 15 is 0 Å². The fraction of sp³-hybridized carbons (Fsp3) is 0.462. The van der Waals surface area contributed by atoms with Gasteiger partial charge in [-0.1, -0.05) is 13.8 Å². The van der Waals surface area contributed by atoms with E-state index in [9.17, 15) is 5.11 Å². The summed E-state index contributed by atoms with van der Waals surface area (Å²) in [4.78, 5) is 0. The van der Waals surface area contributed by atoms with Crippen LogP contribution in [0.5, 0.6) is 0 Å². The Morgan fingerprint density at radius 2 is 2.00 bits per heavy atom. The molecule has 0 aromatic carbocycles. The van der Waals surface area contributed by atoms with Crippen LogP contribution in [0.3, 0.4) is 0 Å². The Hall–Kier alpha value is -0.870. The highest BCUT2D eigenvalue weighted by Gasteiger charge is 2.24. The van der Waals surface area contributed by atoms with Gasteiger partial charge in [0, 0.05) is 10.0 Å². The topological polar surface area (TPSA) is 37.5 Å². The van der Waals surface area contributed by atoms with Gasteiger partial charge in [-0.15, -0.1) is 0 Å². The zero-order valence-electron chi connectivity index (χ0n) is 10.5. The first-order valence-electron chi connectivity index (χ1n) is 5.71. The lowest BCUT2D eigenvalue weighted by Crippen LogP contribution is -2.21. The summed E-state index contributed by atoms with van der Waals surface area (Å²) in [5, 5.41) is 14.6. The summed E-state index contributed by atoms with van der Waals surface area (Å²) < 4.78 is 2.69. The van der Waals surface area contributed by atoms with E-state index in [4.69, 9.17) is 0 Å². The van der Waals surface area contributed by atoms with Crippen molar-refractivity contribution in [3.8, 4) is 0 Å². The molecule has 0 amide bonds. The molecule has 0 aliphatic carbocycles. The van der Waals surface area contributed by atoms with Crippen molar-refractivity contribution in [2.24, 2.45) is 0 Å². The van der Waals surface area contributed by atoms with E-state index in [0.717, 1.165) is 15.7 Å². The minimum Gasteiger partial charge on any atom is -0.384 e. The third-order valence-electron chi connectivity index (χ3n) is 2.86. The van der Waals surface area contributed by atoms with Crippen molar-refractivity contribution in [2.75, 3.05) is 0 Å². The van der Waals surface area contributed by atoms with Crippen LogP contribution in [0.2, 0.25) is 0 Å². The first-order valence-corrected chi connectivity index (χ1v) is 6.50. The van der Waals surface area contributed by atoms with Crippen molar-refractivity contribution in [3.05, 3.63) is 34.1 Å². The zero-order valence-corrected chi connectivity index (χ0v) is 12.1. The summed E-state index contributed by atoms with van der Waals surface area (Å²) in [7, 11) is 0. The SMILES string of the molecule is CC(C)c1cnn2c(C(C)(C)O)c(Br)ccc12. The third kappa shape index (κ3) is 2.11. The number of rotatable bonds is 2. The first kappa shape index (κ1) is 12.6. The van der Waals surface area contributed by atoms with E-state index in [1.165, 1.54) is 5.56 Å². The Kier molecular flexibility index (Phi) is 3.04. The molecule has 2 aromatic heterocycles. The van der Waals surface area contributed by atoms with Crippen molar-refractivity contribution in [3.63, 3.8) is 0 Å². The van der Waals surface area contributed by atoms with Gasteiger partial charge in [-0.25, -0.2) is 4.52 Å². The average Bonchev–Trinajstić information content (AvgIpc) is 2.58. The summed E-state index contributed by atoms with van der Waals surface area (Å²) in [5.74, 6) is 0.420. The van der Waals surface area contributed by atoms with Crippen LogP contribution in [0.1, 0.15) is 44.9 Å². The zero-order chi connectivity index (χ0) is 12.8. The maximum absolute atomic E-state index is 10.2. The van der Waals surface area contributed by atoms with Gasteiger partial charge in [-0.2, -0.15) is 5.10 Å². The van der Waals surface area contributed by atoms with Crippen molar-refractivity contribution in [1.82, 2.24) is 9.61 Å². The molecule has 17 heavy (non-hydrogen) atoms. The van der Waals surface area contributed by atoms with Crippen LogP contribution in [0.15, 0.2) is 22.8 Å². The monoisotopic (exact) mass is 296 g/mol. The lowest BCUT2D eigenvalue weighted by molar-refractivity contribution is 0.0706. The quantitative estimate of drug-likeness (QED) is 0.922. The highest BCUT2D eigenvalue weighted by Crippen LogP contribution is 2.31. The van der Waals surface area contributed by atoms with Crippen LogP contribution in [0, 0.1) is 0 Å². The molecule has 0 radical (unpaired) electrons. The number of aromatic nitrogens is 2. The fourth-order valence-electron chi connectivity index (χ4n) is 2.04. The van der Waals surface area contributed by atoms with Gasteiger partial charge >= 0.3 is 0 Å². The molecular formula is C13H17BrN2O. The van der Waals surface area contributed by atoms with E-state index in [0.29, 0.717) is 5.92 Å². The van der Waals surface area contributed by atoms with Gasteiger partial charge in [0.2, 0.25) is 0 Å². The van der Waals surface area contributed by atoms with Gasteiger partial charge in [0.25, 0.3) is 0 Å². The summed E-state index contributed by atoms with van der Waals surface area (Å²) >= 11 is 3.48. The third-order valence-corrected chi connectivity index (χ3v) is 3.50. The lowest BCUT2D eigenvalue weighted by Gasteiger charge is -2.20. The van der Waals surface area contributed by atoms with Crippen molar-refractivity contribution in [2.45, 2.75) is 39.2 Å². The predicted octanol–water partition coefficient (Wildman–Crippen LogP) is 3.45. The molecule has 0 unspecified atom stereocenters. The summed E-state index contributed by atoms with van der Waals surface area (Å²) in [5.41, 5.74) is 2.10. The molecule has 0 saturated carbocycles. The Bertz CT molecular complexity index is 552. The summed E-state index contributed by atoms with van der Waals surface area (Å²) in [6, 6.07) is 4.00. The van der Waals surface area contributed by atoms with Gasteiger partial charge in [0.1, 0.15) is 5.60 Å². The molecule has 3 nitrogen and oxygen atoms in total. The van der Waals surface area contributed by atoms with Crippen molar-refractivity contribution in [1.29, 1.82) is 0 Å². The number of halogens is 1. The van der Waals surface area contributed by atoms with E-state index in [1.54, 1.807) is 13.8 Å². The normalized spacial score (nSPS) is 12.6. The Balaban J connectivity index is 2.80. The van der Waals surface area contributed by atoms with Crippen LogP contribution in [-0.2, 0) is 5.60 Å². The van der Waals surface area contributed by atoms with Crippen LogP contribution in [0.4, 0.5) is 0 Å². The molecule has 0 atom stereocenters. The predicted molar refractivity (Wildman–Crippen MR) is 72.2 cm³/mol. The molecule has 2 aromatic rings. The molecular weight excluding hydrogens is 280 g/mol. The molecule has 0 saturated heterocycles. The van der Waals surface area contributed by atoms with Crippen molar-refractivity contribution >= 4 is 21.4 Å². The first-order chi connectivity index (χ1) is 7.82. The van der Waals surface area contributed by atoms with Gasteiger partial charge < -0.3 is 5.11 Å². The van der Waals surface area contributed by atoms with E-state index < -0.39 is 5.60 Å². The van der Waals surface area contributed by atoms with Crippen LogP contribution in [0.25, 0.3) is 5.52 Å². The molecule has 4 heteroatoms. The number of aliphatic hydroxyl groups is 1. The molecule has 0 spiro atoms. The molecule has 2 heterocycles. The van der Waals surface area contributed by atoms with Gasteiger partial charge in [0.15, 0.2) is 0 Å². The standard InChI is InChI=1S/C13H17BrN2O/c1-8(2)9-7-15-16-11(9)6-5-10(14)12(16)13(3,4)17/h5-8,17H,1-4H3. The van der Waals surface area contributed by atoms with Crippen molar-refractivity contribution < 1.29 is 5.11 Å².